The summed E-state index contributed by atoms with van der Waals surface area (Å²) in [5.41, 5.74) is 0.162. The predicted octanol–water partition coefficient (Wildman–Crippen LogP) is 3.75. The average Bonchev–Trinajstić information content (AvgIpc) is 2.96. The van der Waals surface area contributed by atoms with Crippen molar-refractivity contribution < 1.29 is 9.50 Å². The predicted molar refractivity (Wildman–Crippen MR) is 87.3 cm³/mol. The molecule has 0 aliphatic heterocycles. The van der Waals surface area contributed by atoms with Gasteiger partial charge in [0.25, 0.3) is 0 Å². The summed E-state index contributed by atoms with van der Waals surface area (Å²) in [4.78, 5) is 0. The summed E-state index contributed by atoms with van der Waals surface area (Å²) in [7, 11) is 0. The molecular formula is C16H22FN3OS. The minimum absolute atomic E-state index is 0.267. The minimum atomic E-state index is -0.675. The Bertz CT molecular complexity index is 608. The summed E-state index contributed by atoms with van der Waals surface area (Å²) < 4.78 is 15.0. The third-order valence-corrected chi connectivity index (χ3v) is 5.16. The number of halogens is 1. The number of benzene rings is 1. The monoisotopic (exact) mass is 323 g/mol. The molecule has 0 bridgehead atoms. The van der Waals surface area contributed by atoms with Crippen LogP contribution in [0.2, 0.25) is 0 Å². The highest BCUT2D eigenvalue weighted by molar-refractivity contribution is 7.99. The van der Waals surface area contributed by atoms with Crippen molar-refractivity contribution in [3.63, 3.8) is 0 Å². The fourth-order valence-corrected chi connectivity index (χ4v) is 3.42. The molecule has 0 fully saturated rings. The van der Waals surface area contributed by atoms with Gasteiger partial charge in [0.1, 0.15) is 5.82 Å². The molecule has 0 spiro atoms. The van der Waals surface area contributed by atoms with Crippen LogP contribution in [-0.4, -0.2) is 31.2 Å². The molecule has 0 atom stereocenters. The van der Waals surface area contributed by atoms with Crippen LogP contribution < -0.4 is 0 Å². The van der Waals surface area contributed by atoms with Gasteiger partial charge in [-0.15, -0.1) is 10.2 Å². The van der Waals surface area contributed by atoms with Crippen molar-refractivity contribution in [3.8, 4) is 11.4 Å². The van der Waals surface area contributed by atoms with Crippen molar-refractivity contribution in [2.24, 2.45) is 0 Å². The van der Waals surface area contributed by atoms with Crippen molar-refractivity contribution in [1.29, 1.82) is 0 Å². The van der Waals surface area contributed by atoms with E-state index in [2.05, 4.69) is 10.2 Å². The quantitative estimate of drug-likeness (QED) is 0.789. The van der Waals surface area contributed by atoms with Gasteiger partial charge in [-0.2, -0.15) is 0 Å². The van der Waals surface area contributed by atoms with Gasteiger partial charge in [0.15, 0.2) is 11.0 Å². The van der Waals surface area contributed by atoms with E-state index >= 15 is 0 Å². The number of hydrogen-bond donors (Lipinski definition) is 1. The maximum absolute atomic E-state index is 13.0. The van der Waals surface area contributed by atoms with E-state index in [-0.39, 0.29) is 5.82 Å². The lowest BCUT2D eigenvalue weighted by Gasteiger charge is -2.24. The van der Waals surface area contributed by atoms with Gasteiger partial charge in [0.05, 0.1) is 5.60 Å². The second-order valence-corrected chi connectivity index (χ2v) is 6.22. The van der Waals surface area contributed by atoms with Crippen molar-refractivity contribution in [2.45, 2.75) is 50.9 Å². The topological polar surface area (TPSA) is 50.9 Å². The maximum atomic E-state index is 13.0. The molecule has 2 rings (SSSR count). The second-order valence-electron chi connectivity index (χ2n) is 5.28. The van der Waals surface area contributed by atoms with E-state index in [1.165, 1.54) is 23.9 Å². The third kappa shape index (κ3) is 3.67. The number of rotatable bonds is 7. The summed E-state index contributed by atoms with van der Waals surface area (Å²) >= 11 is 1.51. The molecule has 1 heterocycles. The molecule has 1 N–H and O–H groups in total. The molecule has 1 aromatic heterocycles. The van der Waals surface area contributed by atoms with Crippen molar-refractivity contribution in [1.82, 2.24) is 14.8 Å². The largest absolute Gasteiger partial charge is 0.389 e. The van der Waals surface area contributed by atoms with Crippen LogP contribution in [0.4, 0.5) is 4.39 Å². The molecule has 0 aliphatic rings. The Morgan fingerprint density at radius 1 is 1.14 bits per heavy atom. The molecule has 4 nitrogen and oxygen atoms in total. The zero-order chi connectivity index (χ0) is 16.2. The summed E-state index contributed by atoms with van der Waals surface area (Å²) in [6, 6.07) is 6.25. The van der Waals surface area contributed by atoms with Gasteiger partial charge in [0, 0.05) is 17.9 Å². The van der Waals surface area contributed by atoms with Gasteiger partial charge >= 0.3 is 0 Å². The molecule has 0 amide bonds. The molecule has 0 saturated carbocycles. The van der Waals surface area contributed by atoms with E-state index in [0.717, 1.165) is 23.1 Å². The first-order valence-corrected chi connectivity index (χ1v) is 8.55. The lowest BCUT2D eigenvalue weighted by Crippen LogP contribution is -2.29. The molecule has 0 aliphatic carbocycles. The molecular weight excluding hydrogens is 301 g/mol. The van der Waals surface area contributed by atoms with Crippen LogP contribution in [0.3, 0.4) is 0 Å². The van der Waals surface area contributed by atoms with E-state index in [1.54, 1.807) is 12.1 Å². The zero-order valence-electron chi connectivity index (χ0n) is 13.2. The minimum Gasteiger partial charge on any atom is -0.389 e. The van der Waals surface area contributed by atoms with Crippen LogP contribution in [0, 0.1) is 5.82 Å². The summed E-state index contributed by atoms with van der Waals surface area (Å²) in [5.74, 6) is 1.04. The normalized spacial score (nSPS) is 11.9. The number of aliphatic hydroxyl groups is 1. The zero-order valence-corrected chi connectivity index (χ0v) is 14.0. The average molecular weight is 323 g/mol. The molecule has 1 aromatic carbocycles. The van der Waals surface area contributed by atoms with Crippen LogP contribution in [0.5, 0.6) is 0 Å². The van der Waals surface area contributed by atoms with E-state index in [4.69, 9.17) is 0 Å². The van der Waals surface area contributed by atoms with Gasteiger partial charge in [-0.25, -0.2) is 4.39 Å². The summed E-state index contributed by atoms with van der Waals surface area (Å²) in [5, 5.41) is 19.6. The van der Waals surface area contributed by atoms with Gasteiger partial charge in [-0.05, 0) is 44.0 Å². The maximum Gasteiger partial charge on any atom is 0.191 e. The highest BCUT2D eigenvalue weighted by Crippen LogP contribution is 2.28. The van der Waals surface area contributed by atoms with Crippen molar-refractivity contribution >= 4 is 11.8 Å². The molecule has 120 valence electrons. The molecule has 22 heavy (non-hydrogen) atoms. The smallest absolute Gasteiger partial charge is 0.191 e. The third-order valence-electron chi connectivity index (χ3n) is 3.92. The Morgan fingerprint density at radius 2 is 1.77 bits per heavy atom. The fourth-order valence-electron chi connectivity index (χ4n) is 2.15. The Morgan fingerprint density at radius 3 is 2.32 bits per heavy atom. The highest BCUT2D eigenvalue weighted by atomic mass is 32.2. The standard InChI is InChI=1S/C16H22FN3OS/c1-4-16(21,5-2)11-22-15-19-18-14(20(15)6-3)12-7-9-13(17)10-8-12/h7-10,21H,4-6,11H2,1-3H3. The van der Waals surface area contributed by atoms with Gasteiger partial charge in [-0.1, -0.05) is 25.6 Å². The number of hydrogen-bond acceptors (Lipinski definition) is 4. The highest BCUT2D eigenvalue weighted by Gasteiger charge is 2.24. The SMILES string of the molecule is CCn1c(SCC(O)(CC)CC)nnc1-c1ccc(F)cc1. The Kier molecular flexibility index (Phi) is 5.58. The Hall–Kier alpha value is -1.40. The van der Waals surface area contributed by atoms with E-state index in [0.29, 0.717) is 18.6 Å². The second kappa shape index (κ2) is 7.24. The summed E-state index contributed by atoms with van der Waals surface area (Å²) in [6.45, 7) is 6.71. The van der Waals surface area contributed by atoms with Crippen LogP contribution in [0.1, 0.15) is 33.6 Å². The first kappa shape index (κ1) is 17.0. The van der Waals surface area contributed by atoms with Crippen LogP contribution in [0.25, 0.3) is 11.4 Å². The van der Waals surface area contributed by atoms with Gasteiger partial charge in [0.2, 0.25) is 0 Å². The fraction of sp³-hybridized carbons (Fsp3) is 0.500. The number of thioether (sulfide) groups is 1. The van der Waals surface area contributed by atoms with Crippen LogP contribution >= 0.6 is 11.8 Å². The summed E-state index contributed by atoms with van der Waals surface area (Å²) in [6.07, 6.45) is 1.42. The van der Waals surface area contributed by atoms with E-state index in [9.17, 15) is 9.50 Å². The lowest BCUT2D eigenvalue weighted by molar-refractivity contribution is 0.0571. The molecule has 2 aromatic rings. The van der Waals surface area contributed by atoms with Crippen molar-refractivity contribution in [2.75, 3.05) is 5.75 Å². The van der Waals surface area contributed by atoms with Crippen LogP contribution in [-0.2, 0) is 6.54 Å². The molecule has 6 heteroatoms. The molecule has 0 radical (unpaired) electrons. The number of aromatic nitrogens is 3. The molecule has 0 saturated heterocycles. The first-order chi connectivity index (χ1) is 10.5. The van der Waals surface area contributed by atoms with Gasteiger partial charge in [-0.3, -0.25) is 0 Å². The van der Waals surface area contributed by atoms with E-state index < -0.39 is 5.60 Å². The Balaban J connectivity index is 2.22. The lowest BCUT2D eigenvalue weighted by atomic mass is 10.0. The Labute approximate surface area is 134 Å². The van der Waals surface area contributed by atoms with Crippen LogP contribution in [0.15, 0.2) is 29.4 Å². The number of nitrogens with zero attached hydrogens (tertiary/aromatic N) is 3. The van der Waals surface area contributed by atoms with E-state index in [1.807, 2.05) is 25.3 Å². The first-order valence-electron chi connectivity index (χ1n) is 7.57. The van der Waals surface area contributed by atoms with Crippen molar-refractivity contribution in [3.05, 3.63) is 30.1 Å². The van der Waals surface area contributed by atoms with Gasteiger partial charge < -0.3 is 9.67 Å². The molecule has 0 unspecified atom stereocenters.